The van der Waals surface area contributed by atoms with Crippen molar-refractivity contribution in [3.8, 4) is 11.8 Å². The van der Waals surface area contributed by atoms with Crippen LogP contribution >= 0.6 is 0 Å². The number of aliphatic hydroxyl groups excluding tert-OH is 1. The van der Waals surface area contributed by atoms with Crippen LogP contribution in [0.5, 0.6) is 0 Å². The molecule has 0 radical (unpaired) electrons. The molecule has 0 heterocycles. The molecular formula is C14H20N2O3S. The van der Waals surface area contributed by atoms with Gasteiger partial charge in [0.05, 0.1) is 0 Å². The summed E-state index contributed by atoms with van der Waals surface area (Å²) in [6, 6.07) is 7.17. The maximum absolute atomic E-state index is 11.6. The Labute approximate surface area is 120 Å². The number of benzene rings is 1. The molecule has 0 amide bonds. The van der Waals surface area contributed by atoms with Gasteiger partial charge in [0.2, 0.25) is 0 Å². The van der Waals surface area contributed by atoms with Gasteiger partial charge in [-0.25, -0.2) is 4.72 Å². The topological polar surface area (TPSA) is 78.4 Å². The third-order valence-corrected chi connectivity index (χ3v) is 3.48. The van der Waals surface area contributed by atoms with Crippen LogP contribution in [0.2, 0.25) is 0 Å². The van der Waals surface area contributed by atoms with Crippen molar-refractivity contribution in [3.63, 3.8) is 0 Å². The minimum Gasteiger partial charge on any atom is -0.384 e. The second-order valence-corrected chi connectivity index (χ2v) is 6.31. The highest BCUT2D eigenvalue weighted by molar-refractivity contribution is 7.87. The van der Waals surface area contributed by atoms with Gasteiger partial charge in [-0.1, -0.05) is 37.8 Å². The molecule has 0 bridgehead atoms. The van der Waals surface area contributed by atoms with Crippen LogP contribution in [0, 0.1) is 17.8 Å². The van der Waals surface area contributed by atoms with Crippen molar-refractivity contribution in [3.05, 3.63) is 35.4 Å². The van der Waals surface area contributed by atoms with Crippen LogP contribution in [0.1, 0.15) is 25.0 Å². The van der Waals surface area contributed by atoms with Gasteiger partial charge in [-0.05, 0) is 23.6 Å². The van der Waals surface area contributed by atoms with E-state index < -0.39 is 10.2 Å². The van der Waals surface area contributed by atoms with E-state index in [0.29, 0.717) is 6.54 Å². The molecule has 3 N–H and O–H groups in total. The Kier molecular flexibility index (Phi) is 6.68. The molecule has 1 aromatic rings. The van der Waals surface area contributed by atoms with Crippen molar-refractivity contribution < 1.29 is 13.5 Å². The number of hydrogen-bond donors (Lipinski definition) is 3. The fourth-order valence-corrected chi connectivity index (χ4v) is 2.36. The summed E-state index contributed by atoms with van der Waals surface area (Å²) in [4.78, 5) is 0. The van der Waals surface area contributed by atoms with E-state index in [-0.39, 0.29) is 19.1 Å². The average molecular weight is 296 g/mol. The van der Waals surface area contributed by atoms with Crippen LogP contribution in [0.4, 0.5) is 0 Å². The molecule has 6 heteroatoms. The highest BCUT2D eigenvalue weighted by Crippen LogP contribution is 2.03. The van der Waals surface area contributed by atoms with E-state index >= 15 is 0 Å². The van der Waals surface area contributed by atoms with Gasteiger partial charge in [0.25, 0.3) is 10.2 Å². The molecule has 0 aliphatic heterocycles. The summed E-state index contributed by atoms with van der Waals surface area (Å²) in [6.07, 6.45) is 0. The smallest absolute Gasteiger partial charge is 0.277 e. The van der Waals surface area contributed by atoms with E-state index in [1.807, 2.05) is 13.8 Å². The summed E-state index contributed by atoms with van der Waals surface area (Å²) in [5.74, 6) is 5.59. The molecule has 0 saturated carbocycles. The van der Waals surface area contributed by atoms with Crippen molar-refractivity contribution >= 4 is 10.2 Å². The molecule has 0 spiro atoms. The molecule has 0 aromatic heterocycles. The number of hydrogen-bond acceptors (Lipinski definition) is 3. The van der Waals surface area contributed by atoms with Gasteiger partial charge in [0.15, 0.2) is 0 Å². The maximum atomic E-state index is 11.6. The minimum atomic E-state index is -3.46. The van der Waals surface area contributed by atoms with E-state index in [1.165, 1.54) is 0 Å². The molecule has 20 heavy (non-hydrogen) atoms. The first-order valence-corrected chi connectivity index (χ1v) is 7.84. The largest absolute Gasteiger partial charge is 0.384 e. The van der Waals surface area contributed by atoms with Gasteiger partial charge < -0.3 is 5.11 Å². The van der Waals surface area contributed by atoms with Crippen molar-refractivity contribution in [2.45, 2.75) is 20.4 Å². The standard InChI is InChI=1S/C14H20N2O3S/c1-12(2)10-15-20(18,19)16-11-14-7-5-13(6-8-14)4-3-9-17/h5-8,12,15-17H,9-11H2,1-2H3. The van der Waals surface area contributed by atoms with Crippen LogP contribution in [0.25, 0.3) is 0 Å². The average Bonchev–Trinajstić information content (AvgIpc) is 2.42. The summed E-state index contributed by atoms with van der Waals surface area (Å²) >= 11 is 0. The van der Waals surface area contributed by atoms with E-state index in [2.05, 4.69) is 21.3 Å². The summed E-state index contributed by atoms with van der Waals surface area (Å²) in [5, 5.41) is 8.59. The molecule has 1 aromatic carbocycles. The van der Waals surface area contributed by atoms with E-state index in [0.717, 1.165) is 11.1 Å². The zero-order chi connectivity index (χ0) is 15.0. The van der Waals surface area contributed by atoms with Crippen LogP contribution in [-0.4, -0.2) is 26.7 Å². The van der Waals surface area contributed by atoms with Crippen molar-refractivity contribution in [2.24, 2.45) is 5.92 Å². The van der Waals surface area contributed by atoms with Crippen molar-refractivity contribution in [1.29, 1.82) is 0 Å². The normalized spacial score (nSPS) is 11.2. The maximum Gasteiger partial charge on any atom is 0.277 e. The predicted molar refractivity (Wildman–Crippen MR) is 79.0 cm³/mol. The first-order valence-electron chi connectivity index (χ1n) is 6.36. The lowest BCUT2D eigenvalue weighted by atomic mass is 10.1. The van der Waals surface area contributed by atoms with Gasteiger partial charge >= 0.3 is 0 Å². The third-order valence-electron chi connectivity index (χ3n) is 2.41. The van der Waals surface area contributed by atoms with E-state index in [9.17, 15) is 8.42 Å². The summed E-state index contributed by atoms with van der Waals surface area (Å²) in [6.45, 7) is 4.33. The minimum absolute atomic E-state index is 0.178. The first kappa shape index (κ1) is 16.7. The highest BCUT2D eigenvalue weighted by atomic mass is 32.2. The Morgan fingerprint density at radius 3 is 2.40 bits per heavy atom. The zero-order valence-corrected chi connectivity index (χ0v) is 12.5. The van der Waals surface area contributed by atoms with E-state index in [4.69, 9.17) is 5.11 Å². The fourth-order valence-electron chi connectivity index (χ4n) is 1.35. The SMILES string of the molecule is CC(C)CNS(=O)(=O)NCc1ccc(C#CCO)cc1. The zero-order valence-electron chi connectivity index (χ0n) is 11.7. The Hall–Kier alpha value is -1.39. The molecular weight excluding hydrogens is 276 g/mol. The lowest BCUT2D eigenvalue weighted by Crippen LogP contribution is -2.37. The van der Waals surface area contributed by atoms with E-state index in [1.54, 1.807) is 24.3 Å². The fraction of sp³-hybridized carbons (Fsp3) is 0.429. The van der Waals surface area contributed by atoms with Crippen molar-refractivity contribution in [2.75, 3.05) is 13.2 Å². The number of nitrogens with one attached hydrogen (secondary N) is 2. The van der Waals surface area contributed by atoms with Crippen LogP contribution in [-0.2, 0) is 16.8 Å². The quantitative estimate of drug-likeness (QED) is 0.673. The summed E-state index contributed by atoms with van der Waals surface area (Å²) in [7, 11) is -3.46. The van der Waals surface area contributed by atoms with Gasteiger partial charge in [-0.3, -0.25) is 0 Å². The van der Waals surface area contributed by atoms with Gasteiger partial charge in [-0.2, -0.15) is 13.1 Å². The van der Waals surface area contributed by atoms with Gasteiger partial charge in [0.1, 0.15) is 6.61 Å². The number of aliphatic hydroxyl groups is 1. The lowest BCUT2D eigenvalue weighted by Gasteiger charge is -2.10. The molecule has 0 saturated heterocycles. The number of rotatable bonds is 6. The molecule has 0 unspecified atom stereocenters. The first-order chi connectivity index (χ1) is 9.43. The Bertz CT molecular complexity index is 569. The molecule has 0 aliphatic rings. The molecule has 110 valence electrons. The summed E-state index contributed by atoms with van der Waals surface area (Å²) in [5.41, 5.74) is 1.62. The second kappa shape index (κ2) is 8.02. The molecule has 0 fully saturated rings. The second-order valence-electron chi connectivity index (χ2n) is 4.72. The van der Waals surface area contributed by atoms with Crippen molar-refractivity contribution in [1.82, 2.24) is 9.44 Å². The Balaban J connectivity index is 2.53. The molecule has 1 rings (SSSR count). The lowest BCUT2D eigenvalue weighted by molar-refractivity contribution is 0.350. The van der Waals surface area contributed by atoms with Gasteiger partial charge in [-0.15, -0.1) is 0 Å². The molecule has 0 aliphatic carbocycles. The summed E-state index contributed by atoms with van der Waals surface area (Å²) < 4.78 is 28.2. The predicted octanol–water partition coefficient (Wildman–Crippen LogP) is 0.610. The molecule has 0 atom stereocenters. The monoisotopic (exact) mass is 296 g/mol. The van der Waals surface area contributed by atoms with Crippen LogP contribution in [0.3, 0.4) is 0 Å². The van der Waals surface area contributed by atoms with Crippen LogP contribution in [0.15, 0.2) is 24.3 Å². The highest BCUT2D eigenvalue weighted by Gasteiger charge is 2.09. The molecule has 5 nitrogen and oxygen atoms in total. The van der Waals surface area contributed by atoms with Gasteiger partial charge in [0, 0.05) is 18.7 Å². The Morgan fingerprint density at radius 2 is 1.85 bits per heavy atom. The Morgan fingerprint density at radius 1 is 1.20 bits per heavy atom. The van der Waals surface area contributed by atoms with Crippen LogP contribution < -0.4 is 9.44 Å². The third kappa shape index (κ3) is 6.68.